The van der Waals surface area contributed by atoms with Crippen molar-refractivity contribution >= 4 is 15.9 Å². The van der Waals surface area contributed by atoms with Crippen LogP contribution in [0.5, 0.6) is 0 Å². The molecule has 0 spiro atoms. The van der Waals surface area contributed by atoms with Crippen LogP contribution in [0.15, 0.2) is 24.3 Å². The standard InChI is InChI=1S/C12H18N2O2S/c1-3-10(2)13-17(15,16)14-9-8-11-6-4-5-7-12(11)14/h4-7,10,13H,3,8-9H2,1-2H3. The molecule has 94 valence electrons. The van der Waals surface area contributed by atoms with Gasteiger partial charge in [0.2, 0.25) is 0 Å². The molecule has 0 fully saturated rings. The lowest BCUT2D eigenvalue weighted by Crippen LogP contribution is -2.43. The maximum absolute atomic E-state index is 12.2. The number of hydrogen-bond donors (Lipinski definition) is 1. The normalized spacial score (nSPS) is 16.9. The second-order valence-electron chi connectivity index (χ2n) is 4.38. The van der Waals surface area contributed by atoms with Gasteiger partial charge in [0, 0.05) is 12.6 Å². The Morgan fingerprint density at radius 1 is 1.41 bits per heavy atom. The molecule has 0 aliphatic carbocycles. The molecule has 1 heterocycles. The predicted molar refractivity (Wildman–Crippen MR) is 69.3 cm³/mol. The van der Waals surface area contributed by atoms with E-state index in [0.29, 0.717) is 6.54 Å². The molecule has 1 atom stereocenters. The van der Waals surface area contributed by atoms with Gasteiger partial charge in [0.05, 0.1) is 5.69 Å². The summed E-state index contributed by atoms with van der Waals surface area (Å²) in [6, 6.07) is 7.62. The smallest absolute Gasteiger partial charge is 0.257 e. The Morgan fingerprint density at radius 3 is 2.82 bits per heavy atom. The van der Waals surface area contributed by atoms with Gasteiger partial charge < -0.3 is 0 Å². The van der Waals surface area contributed by atoms with E-state index in [1.165, 1.54) is 4.31 Å². The van der Waals surface area contributed by atoms with Gasteiger partial charge in [-0.05, 0) is 31.4 Å². The lowest BCUT2D eigenvalue weighted by molar-refractivity contribution is 0.552. The molecule has 1 aliphatic heterocycles. The maximum Gasteiger partial charge on any atom is 0.301 e. The molecule has 0 aromatic heterocycles. The van der Waals surface area contributed by atoms with E-state index in [4.69, 9.17) is 0 Å². The van der Waals surface area contributed by atoms with E-state index in [-0.39, 0.29) is 6.04 Å². The van der Waals surface area contributed by atoms with Gasteiger partial charge in [0.15, 0.2) is 0 Å². The molecular formula is C12H18N2O2S. The Hall–Kier alpha value is -1.07. The van der Waals surface area contributed by atoms with Crippen molar-refractivity contribution < 1.29 is 8.42 Å². The number of rotatable bonds is 4. The topological polar surface area (TPSA) is 49.4 Å². The van der Waals surface area contributed by atoms with Gasteiger partial charge >= 0.3 is 10.2 Å². The highest BCUT2D eigenvalue weighted by atomic mass is 32.2. The second kappa shape index (κ2) is 4.66. The number of nitrogens with one attached hydrogen (secondary N) is 1. The van der Waals surface area contributed by atoms with Crippen LogP contribution in [0, 0.1) is 0 Å². The molecule has 1 N–H and O–H groups in total. The van der Waals surface area contributed by atoms with Crippen LogP contribution in [0.4, 0.5) is 5.69 Å². The number of fused-ring (bicyclic) bond motifs is 1. The predicted octanol–water partition coefficient (Wildman–Crippen LogP) is 1.68. The van der Waals surface area contributed by atoms with Crippen LogP contribution < -0.4 is 9.03 Å². The lowest BCUT2D eigenvalue weighted by atomic mass is 10.2. The van der Waals surface area contributed by atoms with Crippen LogP contribution in [0.1, 0.15) is 25.8 Å². The molecule has 0 bridgehead atoms. The van der Waals surface area contributed by atoms with Crippen molar-refractivity contribution in [1.29, 1.82) is 0 Å². The Balaban J connectivity index is 2.25. The van der Waals surface area contributed by atoms with E-state index in [9.17, 15) is 8.42 Å². The summed E-state index contributed by atoms with van der Waals surface area (Å²) in [5.41, 5.74) is 1.91. The largest absolute Gasteiger partial charge is 0.301 e. The van der Waals surface area contributed by atoms with Crippen molar-refractivity contribution in [3.63, 3.8) is 0 Å². The lowest BCUT2D eigenvalue weighted by Gasteiger charge is -2.22. The fraction of sp³-hybridized carbons (Fsp3) is 0.500. The summed E-state index contributed by atoms with van der Waals surface area (Å²) < 4.78 is 28.5. The molecule has 4 nitrogen and oxygen atoms in total. The first-order valence-corrected chi connectivity index (χ1v) is 7.36. The molecule has 17 heavy (non-hydrogen) atoms. The monoisotopic (exact) mass is 254 g/mol. The van der Waals surface area contributed by atoms with Crippen molar-refractivity contribution in [3.05, 3.63) is 29.8 Å². The van der Waals surface area contributed by atoms with E-state index >= 15 is 0 Å². The Morgan fingerprint density at radius 2 is 2.12 bits per heavy atom. The number of benzene rings is 1. The van der Waals surface area contributed by atoms with Crippen molar-refractivity contribution in [2.45, 2.75) is 32.7 Å². The van der Waals surface area contributed by atoms with Gasteiger partial charge in [-0.15, -0.1) is 0 Å². The van der Waals surface area contributed by atoms with Gasteiger partial charge in [-0.1, -0.05) is 25.1 Å². The van der Waals surface area contributed by atoms with Gasteiger partial charge in [0.1, 0.15) is 0 Å². The Kier molecular flexibility index (Phi) is 3.40. The van der Waals surface area contributed by atoms with Gasteiger partial charge in [-0.2, -0.15) is 13.1 Å². The summed E-state index contributed by atoms with van der Waals surface area (Å²) >= 11 is 0. The van der Waals surface area contributed by atoms with E-state index in [1.54, 1.807) is 0 Å². The summed E-state index contributed by atoms with van der Waals surface area (Å²) in [6.07, 6.45) is 1.58. The van der Waals surface area contributed by atoms with E-state index in [0.717, 1.165) is 24.1 Å². The van der Waals surface area contributed by atoms with E-state index < -0.39 is 10.2 Å². The van der Waals surface area contributed by atoms with Gasteiger partial charge in [-0.25, -0.2) is 0 Å². The maximum atomic E-state index is 12.2. The van der Waals surface area contributed by atoms with E-state index in [1.807, 2.05) is 38.1 Å². The van der Waals surface area contributed by atoms with Gasteiger partial charge in [-0.3, -0.25) is 4.31 Å². The van der Waals surface area contributed by atoms with Crippen LogP contribution in [-0.4, -0.2) is 21.0 Å². The molecule has 1 aromatic carbocycles. The minimum Gasteiger partial charge on any atom is -0.257 e. The van der Waals surface area contributed by atoms with Crippen molar-refractivity contribution in [1.82, 2.24) is 4.72 Å². The fourth-order valence-corrected chi connectivity index (χ4v) is 3.53. The highest BCUT2D eigenvalue weighted by molar-refractivity contribution is 7.90. The number of para-hydroxylation sites is 1. The fourth-order valence-electron chi connectivity index (χ4n) is 1.96. The zero-order valence-electron chi connectivity index (χ0n) is 10.2. The Bertz CT molecular complexity index is 499. The highest BCUT2D eigenvalue weighted by Crippen LogP contribution is 2.29. The highest BCUT2D eigenvalue weighted by Gasteiger charge is 2.29. The minimum atomic E-state index is -3.40. The Labute approximate surface area is 103 Å². The molecule has 2 rings (SSSR count). The molecule has 0 radical (unpaired) electrons. The molecule has 0 amide bonds. The summed E-state index contributed by atoms with van der Waals surface area (Å²) in [4.78, 5) is 0. The molecule has 5 heteroatoms. The molecule has 1 aliphatic rings. The first-order valence-electron chi connectivity index (χ1n) is 5.92. The third kappa shape index (κ3) is 2.45. The molecule has 1 unspecified atom stereocenters. The molecular weight excluding hydrogens is 236 g/mol. The van der Waals surface area contributed by atoms with Crippen LogP contribution in [0.25, 0.3) is 0 Å². The van der Waals surface area contributed by atoms with Crippen molar-refractivity contribution in [3.8, 4) is 0 Å². The summed E-state index contributed by atoms with van der Waals surface area (Å²) in [5, 5.41) is 0. The number of hydrogen-bond acceptors (Lipinski definition) is 2. The first kappa shape index (κ1) is 12.4. The first-order chi connectivity index (χ1) is 8.04. The van der Waals surface area contributed by atoms with Crippen LogP contribution >= 0.6 is 0 Å². The summed E-state index contributed by atoms with van der Waals surface area (Å²) in [7, 11) is -3.40. The number of anilines is 1. The van der Waals surface area contributed by atoms with E-state index in [2.05, 4.69) is 4.72 Å². The number of nitrogens with zero attached hydrogens (tertiary/aromatic N) is 1. The SMILES string of the molecule is CCC(C)NS(=O)(=O)N1CCc2ccccc21. The van der Waals surface area contributed by atoms with Crippen molar-refractivity contribution in [2.75, 3.05) is 10.8 Å². The minimum absolute atomic E-state index is 0.0345. The van der Waals surface area contributed by atoms with Crippen molar-refractivity contribution in [2.24, 2.45) is 0 Å². The zero-order chi connectivity index (χ0) is 12.5. The van der Waals surface area contributed by atoms with Crippen LogP contribution in [0.3, 0.4) is 0 Å². The molecule has 0 saturated heterocycles. The second-order valence-corrected chi connectivity index (χ2v) is 6.01. The molecule has 0 saturated carbocycles. The quantitative estimate of drug-likeness (QED) is 0.888. The van der Waals surface area contributed by atoms with Crippen LogP contribution in [0.2, 0.25) is 0 Å². The zero-order valence-corrected chi connectivity index (χ0v) is 11.0. The third-order valence-electron chi connectivity index (χ3n) is 3.10. The average Bonchev–Trinajstić information content (AvgIpc) is 2.72. The van der Waals surface area contributed by atoms with Crippen LogP contribution in [-0.2, 0) is 16.6 Å². The summed E-state index contributed by atoms with van der Waals surface area (Å²) in [5.74, 6) is 0. The molecule has 1 aromatic rings. The third-order valence-corrected chi connectivity index (χ3v) is 4.76. The summed E-state index contributed by atoms with van der Waals surface area (Å²) in [6.45, 7) is 4.37. The van der Waals surface area contributed by atoms with Gasteiger partial charge in [0.25, 0.3) is 0 Å². The average molecular weight is 254 g/mol.